The molecule has 0 aliphatic carbocycles. The summed E-state index contributed by atoms with van der Waals surface area (Å²) >= 11 is 3.14. The van der Waals surface area contributed by atoms with Gasteiger partial charge in [0, 0.05) is 36.5 Å². The van der Waals surface area contributed by atoms with E-state index < -0.39 is 10.0 Å². The summed E-state index contributed by atoms with van der Waals surface area (Å²) < 4.78 is 33.7. The van der Waals surface area contributed by atoms with Crippen LogP contribution in [0.25, 0.3) is 6.08 Å². The topological polar surface area (TPSA) is 82.7 Å². The SMILES string of the molecule is CN(c1cccc2c1[NH2+]C(C1=NCC3(CCN(Cc4ccco4)CC3)S1)=C2)S(=O)(=O)c1cccs1. The third-order valence-corrected chi connectivity index (χ3v) is 11.6. The highest BCUT2D eigenvalue weighted by molar-refractivity contribution is 8.15. The van der Waals surface area contributed by atoms with E-state index in [4.69, 9.17) is 9.41 Å². The number of rotatable bonds is 6. The highest BCUT2D eigenvalue weighted by Gasteiger charge is 2.43. The summed E-state index contributed by atoms with van der Waals surface area (Å²) in [4.78, 5) is 7.41. The molecule has 1 saturated heterocycles. The molecular weight excluding hydrogens is 501 g/mol. The van der Waals surface area contributed by atoms with E-state index in [1.807, 2.05) is 42.1 Å². The predicted octanol–water partition coefficient (Wildman–Crippen LogP) is 3.90. The van der Waals surface area contributed by atoms with Crippen molar-refractivity contribution in [3.8, 4) is 0 Å². The van der Waals surface area contributed by atoms with Gasteiger partial charge in [0.25, 0.3) is 10.0 Å². The summed E-state index contributed by atoms with van der Waals surface area (Å²) in [5, 5.41) is 4.95. The summed E-state index contributed by atoms with van der Waals surface area (Å²) in [6.45, 7) is 3.77. The second kappa shape index (κ2) is 8.94. The van der Waals surface area contributed by atoms with Gasteiger partial charge < -0.3 is 4.42 Å². The number of quaternary nitrogens is 1. The molecule has 0 bridgehead atoms. The van der Waals surface area contributed by atoms with Crippen LogP contribution in [0.1, 0.15) is 24.2 Å². The van der Waals surface area contributed by atoms with E-state index in [-0.39, 0.29) is 4.75 Å². The number of fused-ring (bicyclic) bond motifs is 1. The Kier molecular flexibility index (Phi) is 5.89. The molecule has 1 spiro atoms. The number of aliphatic imine (C=N–C) groups is 1. The van der Waals surface area contributed by atoms with Gasteiger partial charge in [-0.1, -0.05) is 23.9 Å². The van der Waals surface area contributed by atoms with Crippen LogP contribution < -0.4 is 9.62 Å². The molecule has 0 amide bonds. The van der Waals surface area contributed by atoms with Gasteiger partial charge >= 0.3 is 0 Å². The van der Waals surface area contributed by atoms with Crippen molar-refractivity contribution >= 4 is 55.6 Å². The first-order valence-electron chi connectivity index (χ1n) is 11.6. The molecule has 10 heteroatoms. The van der Waals surface area contributed by atoms with Crippen molar-refractivity contribution in [3.05, 3.63) is 71.1 Å². The summed E-state index contributed by atoms with van der Waals surface area (Å²) in [7, 11) is -1.96. The highest BCUT2D eigenvalue weighted by atomic mass is 32.2. The molecule has 5 heterocycles. The summed E-state index contributed by atoms with van der Waals surface area (Å²) in [5.74, 6) is 1.02. The Hall–Kier alpha value is -2.37. The molecular formula is C25H27N4O3S3+. The highest BCUT2D eigenvalue weighted by Crippen LogP contribution is 2.44. The number of anilines is 1. The number of thioether (sulfide) groups is 1. The minimum absolute atomic E-state index is 0.153. The fourth-order valence-corrected chi connectivity index (χ4v) is 8.59. The number of furan rings is 1. The van der Waals surface area contributed by atoms with Crippen LogP contribution in [0.15, 0.2) is 73.4 Å². The zero-order valence-corrected chi connectivity index (χ0v) is 21.8. The molecule has 0 unspecified atom stereocenters. The van der Waals surface area contributed by atoms with E-state index in [1.54, 1.807) is 30.8 Å². The first-order chi connectivity index (χ1) is 16.9. The predicted molar refractivity (Wildman–Crippen MR) is 142 cm³/mol. The van der Waals surface area contributed by atoms with Crippen LogP contribution in [0.5, 0.6) is 0 Å². The Balaban J connectivity index is 1.14. The number of nitrogens with zero attached hydrogens (tertiary/aromatic N) is 3. The Morgan fingerprint density at radius 1 is 1.17 bits per heavy atom. The zero-order chi connectivity index (χ0) is 24.0. The molecule has 3 aliphatic heterocycles. The number of hydrogen-bond acceptors (Lipinski definition) is 7. The molecule has 0 radical (unpaired) electrons. The van der Waals surface area contributed by atoms with Crippen LogP contribution in [-0.4, -0.2) is 49.8 Å². The minimum Gasteiger partial charge on any atom is -0.468 e. The van der Waals surface area contributed by atoms with Crippen LogP contribution in [-0.2, 0) is 16.6 Å². The smallest absolute Gasteiger partial charge is 0.273 e. The van der Waals surface area contributed by atoms with Gasteiger partial charge in [-0.25, -0.2) is 8.42 Å². The van der Waals surface area contributed by atoms with Gasteiger partial charge in [-0.15, -0.1) is 11.3 Å². The van der Waals surface area contributed by atoms with E-state index in [0.29, 0.717) is 9.90 Å². The van der Waals surface area contributed by atoms with Gasteiger partial charge in [-0.3, -0.25) is 19.5 Å². The van der Waals surface area contributed by atoms with Gasteiger partial charge in [-0.05, 0) is 48.6 Å². The maximum absolute atomic E-state index is 13.1. The first kappa shape index (κ1) is 23.1. The van der Waals surface area contributed by atoms with Crippen molar-refractivity contribution in [2.45, 2.75) is 28.3 Å². The van der Waals surface area contributed by atoms with Crippen molar-refractivity contribution < 1.29 is 18.2 Å². The molecule has 35 heavy (non-hydrogen) atoms. The van der Waals surface area contributed by atoms with E-state index >= 15 is 0 Å². The lowest BCUT2D eigenvalue weighted by Gasteiger charge is -2.37. The fraction of sp³-hybridized carbons (Fsp3) is 0.320. The second-order valence-corrected chi connectivity index (χ2v) is 13.8. The Morgan fingerprint density at radius 3 is 2.77 bits per heavy atom. The molecule has 7 nitrogen and oxygen atoms in total. The van der Waals surface area contributed by atoms with Crippen molar-refractivity contribution in [3.63, 3.8) is 0 Å². The number of thiophene rings is 1. The lowest BCUT2D eigenvalue weighted by atomic mass is 9.95. The van der Waals surface area contributed by atoms with Gasteiger partial charge in [0.15, 0.2) is 16.4 Å². The first-order valence-corrected chi connectivity index (χ1v) is 14.8. The standard InChI is InChI=1S/C25H26N4O3S3/c1-28(35(30,31)22-8-4-14-33-22)21-7-2-5-18-15-20(27-23(18)21)24-26-17-25(34-24)9-11-29(12-10-25)16-19-6-3-13-32-19/h2-8,13-15,27H,9-12,16-17H2,1H3/p+1. The quantitative estimate of drug-likeness (QED) is 0.492. The van der Waals surface area contributed by atoms with Crippen molar-refractivity contribution in [1.82, 2.24) is 4.90 Å². The normalized spacial score (nSPS) is 19.6. The summed E-state index contributed by atoms with van der Waals surface area (Å²) in [6.07, 6.45) is 6.07. The molecule has 3 aromatic rings. The van der Waals surface area contributed by atoms with Crippen LogP contribution >= 0.6 is 23.1 Å². The summed E-state index contributed by atoms with van der Waals surface area (Å²) in [5.41, 5.74) is 3.73. The van der Waals surface area contributed by atoms with Gasteiger partial charge in [0.05, 0.1) is 19.4 Å². The second-order valence-electron chi connectivity index (χ2n) is 9.19. The number of likely N-dealkylation sites (tertiary alicyclic amines) is 1. The number of nitrogens with two attached hydrogens (primary N) is 1. The molecule has 6 rings (SSSR count). The van der Waals surface area contributed by atoms with Crippen LogP contribution in [0.2, 0.25) is 0 Å². The zero-order valence-electron chi connectivity index (χ0n) is 19.4. The van der Waals surface area contributed by atoms with Gasteiger partial charge in [0.1, 0.15) is 15.7 Å². The number of para-hydroxylation sites is 1. The third-order valence-electron chi connectivity index (χ3n) is 6.97. The third kappa shape index (κ3) is 4.27. The van der Waals surface area contributed by atoms with E-state index in [2.05, 4.69) is 16.3 Å². The van der Waals surface area contributed by atoms with E-state index in [9.17, 15) is 8.42 Å². The fourth-order valence-electron chi connectivity index (χ4n) is 4.93. The van der Waals surface area contributed by atoms with Crippen LogP contribution in [0.3, 0.4) is 0 Å². The van der Waals surface area contributed by atoms with Crippen molar-refractivity contribution in [2.75, 3.05) is 31.0 Å². The molecule has 2 N–H and O–H groups in total. The average Bonchev–Trinajstić information content (AvgIpc) is 3.67. The molecule has 3 aliphatic rings. The lowest BCUT2D eigenvalue weighted by Crippen LogP contribution is -2.75. The molecule has 1 fully saturated rings. The average molecular weight is 528 g/mol. The van der Waals surface area contributed by atoms with E-state index in [0.717, 1.165) is 66.8 Å². The van der Waals surface area contributed by atoms with Crippen LogP contribution in [0.4, 0.5) is 11.4 Å². The Morgan fingerprint density at radius 2 is 2.03 bits per heavy atom. The molecule has 2 aromatic heterocycles. The largest absolute Gasteiger partial charge is 0.468 e. The number of hydrogen-bond donors (Lipinski definition) is 1. The lowest BCUT2D eigenvalue weighted by molar-refractivity contribution is -0.502. The molecule has 0 saturated carbocycles. The Labute approximate surface area is 213 Å². The van der Waals surface area contributed by atoms with Gasteiger partial charge in [-0.2, -0.15) is 0 Å². The summed E-state index contributed by atoms with van der Waals surface area (Å²) in [6, 6.07) is 13.2. The molecule has 0 atom stereocenters. The van der Waals surface area contributed by atoms with E-state index in [1.165, 1.54) is 15.6 Å². The number of piperidine rings is 1. The maximum Gasteiger partial charge on any atom is 0.273 e. The monoisotopic (exact) mass is 527 g/mol. The minimum atomic E-state index is -3.59. The molecule has 182 valence electrons. The maximum atomic E-state index is 13.1. The van der Waals surface area contributed by atoms with Crippen molar-refractivity contribution in [1.29, 1.82) is 0 Å². The van der Waals surface area contributed by atoms with Gasteiger partial charge in [0.2, 0.25) is 0 Å². The number of benzene rings is 1. The Bertz CT molecular complexity index is 1390. The number of sulfonamides is 1. The van der Waals surface area contributed by atoms with Crippen LogP contribution in [0, 0.1) is 0 Å². The molecule has 1 aromatic carbocycles. The van der Waals surface area contributed by atoms with Crippen molar-refractivity contribution in [2.24, 2.45) is 4.99 Å².